The molecular formula is C30H61IOSi2Sn. The van der Waals surface area contributed by atoms with Gasteiger partial charge >= 0.3 is 244 Å². The van der Waals surface area contributed by atoms with Gasteiger partial charge in [0.1, 0.15) is 0 Å². The van der Waals surface area contributed by atoms with Crippen molar-refractivity contribution in [3.8, 4) is 11.5 Å². The molecule has 1 atom stereocenters. The second-order valence-corrected chi connectivity index (χ2v) is 39.3. The fourth-order valence-electron chi connectivity index (χ4n) is 4.66. The Bertz CT molecular complexity index is 638. The molecule has 206 valence electrons. The molecule has 0 aromatic carbocycles. The summed E-state index contributed by atoms with van der Waals surface area (Å²) in [5.41, 5.74) is 3.86. The summed E-state index contributed by atoms with van der Waals surface area (Å²) in [4.78, 5) is 0. The third-order valence-electron chi connectivity index (χ3n) is 8.80. The molecule has 5 heteroatoms. The summed E-state index contributed by atoms with van der Waals surface area (Å²) < 4.78 is 13.4. The van der Waals surface area contributed by atoms with Crippen molar-refractivity contribution in [3.63, 3.8) is 0 Å². The fourth-order valence-corrected chi connectivity index (χ4v) is 28.8. The molecule has 0 saturated heterocycles. The molecule has 1 nitrogen and oxygen atoms in total. The molecule has 0 spiro atoms. The summed E-state index contributed by atoms with van der Waals surface area (Å²) in [6.07, 6.45) is 11.9. The number of hydrogen-bond acceptors (Lipinski definition) is 1. The van der Waals surface area contributed by atoms with Crippen LogP contribution in [-0.4, -0.2) is 40.9 Å². The minimum atomic E-state index is -2.43. The van der Waals surface area contributed by atoms with Gasteiger partial charge in [0.15, 0.2) is 0 Å². The van der Waals surface area contributed by atoms with Crippen molar-refractivity contribution >= 4 is 57.4 Å². The molecule has 0 fully saturated rings. The Morgan fingerprint density at radius 2 is 1.29 bits per heavy atom. The van der Waals surface area contributed by atoms with Gasteiger partial charge in [0.2, 0.25) is 0 Å². The molecule has 0 unspecified atom stereocenters. The zero-order chi connectivity index (χ0) is 27.2. The van der Waals surface area contributed by atoms with E-state index in [9.17, 15) is 0 Å². The SMILES string of the molecule is CCC[CH2][Sn]([CH2]CCC)([CH2]CCC)/[C](I)=C\[C@H](CC#C[Si](CC)(CC)CC)O[Si](C)(C)C(C)(C)C. The molecule has 0 radical (unpaired) electrons. The van der Waals surface area contributed by atoms with E-state index >= 15 is 0 Å². The Balaban J connectivity index is 6.38. The van der Waals surface area contributed by atoms with E-state index in [1.165, 1.54) is 70.0 Å². The van der Waals surface area contributed by atoms with E-state index in [1.807, 2.05) is 0 Å². The Hall–Kier alpha value is 1.22. The Kier molecular flexibility index (Phi) is 18.4. The number of unbranched alkanes of at least 4 members (excludes halogenated alkanes) is 3. The molecular weight excluding hydrogens is 678 g/mol. The van der Waals surface area contributed by atoms with Gasteiger partial charge in [-0.2, -0.15) is 0 Å². The first-order chi connectivity index (χ1) is 16.3. The molecule has 0 saturated carbocycles. The van der Waals surface area contributed by atoms with Crippen LogP contribution in [0.4, 0.5) is 0 Å². The average molecular weight is 740 g/mol. The van der Waals surface area contributed by atoms with E-state index < -0.39 is 34.8 Å². The normalized spacial score (nSPS) is 14.6. The fraction of sp³-hybridized carbons (Fsp3) is 0.867. The van der Waals surface area contributed by atoms with Crippen LogP contribution in [0.3, 0.4) is 0 Å². The molecule has 0 rings (SSSR count). The maximum atomic E-state index is 7.10. The summed E-state index contributed by atoms with van der Waals surface area (Å²) in [6.45, 7) is 26.1. The first-order valence-corrected chi connectivity index (χ1v) is 29.0. The Morgan fingerprint density at radius 3 is 1.63 bits per heavy atom. The molecule has 0 N–H and O–H groups in total. The third-order valence-corrected chi connectivity index (χ3v) is 40.7. The number of rotatable bonds is 17. The van der Waals surface area contributed by atoms with Gasteiger partial charge in [0.05, 0.1) is 0 Å². The molecule has 0 bridgehead atoms. The van der Waals surface area contributed by atoms with Crippen molar-refractivity contribution in [2.75, 3.05) is 0 Å². The first kappa shape index (κ1) is 36.2. The van der Waals surface area contributed by atoms with Crippen molar-refractivity contribution in [2.45, 2.75) is 163 Å². The van der Waals surface area contributed by atoms with Crippen LogP contribution in [0.25, 0.3) is 0 Å². The van der Waals surface area contributed by atoms with Gasteiger partial charge in [0.25, 0.3) is 0 Å². The van der Waals surface area contributed by atoms with Crippen LogP contribution in [0, 0.1) is 11.5 Å². The van der Waals surface area contributed by atoms with E-state index in [0.717, 1.165) is 6.42 Å². The van der Waals surface area contributed by atoms with Crippen molar-refractivity contribution in [1.82, 2.24) is 0 Å². The van der Waals surface area contributed by atoms with Gasteiger partial charge in [-0.05, 0) is 0 Å². The third kappa shape index (κ3) is 12.3. The molecule has 0 aliphatic carbocycles. The van der Waals surface area contributed by atoms with E-state index in [4.69, 9.17) is 4.43 Å². The van der Waals surface area contributed by atoms with Gasteiger partial charge in [-0.25, -0.2) is 0 Å². The first-order valence-electron chi connectivity index (χ1n) is 14.9. The van der Waals surface area contributed by atoms with Gasteiger partial charge < -0.3 is 0 Å². The van der Waals surface area contributed by atoms with E-state index in [1.54, 1.807) is 1.60 Å². The predicted molar refractivity (Wildman–Crippen MR) is 179 cm³/mol. The monoisotopic (exact) mass is 740 g/mol. The van der Waals surface area contributed by atoms with E-state index in [2.05, 4.69) is 116 Å². The summed E-state index contributed by atoms with van der Waals surface area (Å²) in [7, 11) is -3.30. The average Bonchev–Trinajstić information content (AvgIpc) is 2.80. The molecule has 0 aliphatic heterocycles. The number of halogens is 1. The van der Waals surface area contributed by atoms with Crippen LogP contribution < -0.4 is 0 Å². The standard InChI is InChI=1S/C18H34IOSi2.3C4H9.Sn/c1-9-22(10-2,11-3)16-12-13-17(14-15-19)20-21(7,8)18(4,5)6;3*1-3-4-2;/h14,17H,9-11,13H2,1-8H3;3*1,3-4H2,2H3;/t17-;;;;/m0..../s1. The molecule has 0 aliphatic rings. The van der Waals surface area contributed by atoms with Gasteiger partial charge in [-0.15, -0.1) is 0 Å². The summed E-state index contributed by atoms with van der Waals surface area (Å²) in [6, 6.07) is 3.83. The summed E-state index contributed by atoms with van der Waals surface area (Å²) in [5.74, 6) is 3.72. The molecule has 35 heavy (non-hydrogen) atoms. The molecule has 0 amide bonds. The second kappa shape index (κ2) is 17.7. The van der Waals surface area contributed by atoms with Gasteiger partial charge in [0, 0.05) is 0 Å². The van der Waals surface area contributed by atoms with Gasteiger partial charge in [-0.1, -0.05) is 0 Å². The number of hydrogen-bond donors (Lipinski definition) is 0. The van der Waals surface area contributed by atoms with Crippen LogP contribution in [0.5, 0.6) is 0 Å². The summed E-state index contributed by atoms with van der Waals surface area (Å²) in [5, 5.41) is 0.222. The topological polar surface area (TPSA) is 9.23 Å². The zero-order valence-corrected chi connectivity index (χ0v) is 32.6. The molecule has 0 aromatic heterocycles. The van der Waals surface area contributed by atoms with Crippen LogP contribution in [0.15, 0.2) is 7.67 Å². The van der Waals surface area contributed by atoms with Crippen LogP contribution in [0.2, 0.25) is 49.6 Å². The van der Waals surface area contributed by atoms with Crippen LogP contribution >= 0.6 is 22.6 Å². The molecule has 0 heterocycles. The van der Waals surface area contributed by atoms with Crippen LogP contribution in [0.1, 0.15) is 107 Å². The quantitative estimate of drug-likeness (QED) is 0.0820. The predicted octanol–water partition coefficient (Wildman–Crippen LogP) is 11.5. The Labute approximate surface area is 242 Å². The Morgan fingerprint density at radius 1 is 0.857 bits per heavy atom. The minimum absolute atomic E-state index is 0.161. The van der Waals surface area contributed by atoms with E-state index in [-0.39, 0.29) is 11.1 Å². The van der Waals surface area contributed by atoms with Gasteiger partial charge in [-0.3, -0.25) is 0 Å². The second-order valence-electron chi connectivity index (χ2n) is 12.4. The summed E-state index contributed by atoms with van der Waals surface area (Å²) >= 11 is 0.374. The zero-order valence-electron chi connectivity index (χ0n) is 25.6. The van der Waals surface area contributed by atoms with Crippen molar-refractivity contribution in [1.29, 1.82) is 0 Å². The molecule has 0 aromatic rings. The maximum absolute atomic E-state index is 7.10. The van der Waals surface area contributed by atoms with Crippen molar-refractivity contribution < 1.29 is 4.43 Å². The van der Waals surface area contributed by atoms with Crippen LogP contribution in [-0.2, 0) is 4.43 Å². The van der Waals surface area contributed by atoms with Crippen molar-refractivity contribution in [3.05, 3.63) is 7.67 Å². The van der Waals surface area contributed by atoms with E-state index in [0.29, 0.717) is 0 Å². The van der Waals surface area contributed by atoms with Crippen molar-refractivity contribution in [2.24, 2.45) is 0 Å².